The summed E-state index contributed by atoms with van der Waals surface area (Å²) in [5.74, 6) is -0.575. The van der Waals surface area contributed by atoms with E-state index in [0.717, 1.165) is 10.7 Å². The van der Waals surface area contributed by atoms with Crippen LogP contribution in [0.2, 0.25) is 0 Å². The Labute approximate surface area is 210 Å². The van der Waals surface area contributed by atoms with Crippen molar-refractivity contribution in [1.82, 2.24) is 14.8 Å². The largest absolute Gasteiger partial charge is 0.407 e. The number of aliphatic imine (C=N–C) groups is 2. The molecule has 0 aromatic heterocycles. The number of hydrogen-bond acceptors (Lipinski definition) is 6. The van der Waals surface area contributed by atoms with Crippen molar-refractivity contribution in [3.63, 3.8) is 0 Å². The van der Waals surface area contributed by atoms with Crippen molar-refractivity contribution in [3.05, 3.63) is 0 Å². The number of hydrazone groups is 1. The minimum Gasteiger partial charge on any atom is -0.343 e. The van der Waals surface area contributed by atoms with Crippen molar-refractivity contribution in [2.45, 2.75) is 77.3 Å². The second-order valence-corrected chi connectivity index (χ2v) is 11.5. The maximum Gasteiger partial charge on any atom is 0.407 e. The number of likely N-dealkylation sites (tertiary alicyclic amines) is 1. The molecule has 4 rings (SSSR count). The molecular formula is C25H37F3N6O2. The summed E-state index contributed by atoms with van der Waals surface area (Å²) in [4.78, 5) is 39.6. The lowest BCUT2D eigenvalue weighted by atomic mass is 9.75. The summed E-state index contributed by atoms with van der Waals surface area (Å²) in [5, 5.41) is 4.89. The molecule has 4 aliphatic rings. The molecule has 8 nitrogen and oxygen atoms in total. The maximum absolute atomic E-state index is 13.6. The molecule has 0 aliphatic carbocycles. The highest BCUT2D eigenvalue weighted by Crippen LogP contribution is 2.44. The predicted molar refractivity (Wildman–Crippen MR) is 132 cm³/mol. The molecule has 200 valence electrons. The third kappa shape index (κ3) is 4.89. The summed E-state index contributed by atoms with van der Waals surface area (Å²) in [7, 11) is 1.82. The molecule has 0 spiro atoms. The number of hydrogen-bond donors (Lipinski definition) is 0. The predicted octanol–water partition coefficient (Wildman–Crippen LogP) is 2.88. The molecule has 0 N–H and O–H groups in total. The quantitative estimate of drug-likeness (QED) is 0.571. The summed E-state index contributed by atoms with van der Waals surface area (Å²) in [6.07, 6.45) is 0.363. The van der Waals surface area contributed by atoms with Gasteiger partial charge < -0.3 is 9.80 Å². The standard InChI is InChI=1S/C25H37F3N6O2/c1-14(2)32(6)22(35)17-8-16(9-29-10-17)19-7-15(3)20-21(31-19)24(4,5)34(23(20)36)18-11-30-33(12-18)13-25(26,27)28/h9,11,14-20H,7-8,10,12-13H2,1-6H3. The Bertz CT molecular complexity index is 975. The van der Waals surface area contributed by atoms with Gasteiger partial charge in [0.1, 0.15) is 6.54 Å². The molecule has 2 amide bonds. The highest BCUT2D eigenvalue weighted by atomic mass is 19.4. The number of nitrogens with zero attached hydrogens (tertiary/aromatic N) is 6. The molecule has 1 fully saturated rings. The first kappa shape index (κ1) is 26.6. The molecule has 0 saturated carbocycles. The van der Waals surface area contributed by atoms with Gasteiger partial charge >= 0.3 is 6.18 Å². The second-order valence-electron chi connectivity index (χ2n) is 11.5. The summed E-state index contributed by atoms with van der Waals surface area (Å²) in [6.45, 7) is 9.18. The molecule has 0 bridgehead atoms. The molecule has 4 aliphatic heterocycles. The van der Waals surface area contributed by atoms with Gasteiger partial charge in [-0.1, -0.05) is 6.92 Å². The van der Waals surface area contributed by atoms with E-state index in [9.17, 15) is 22.8 Å². The summed E-state index contributed by atoms with van der Waals surface area (Å²) < 4.78 is 38.6. The minimum absolute atomic E-state index is 0.000524. The zero-order valence-corrected chi connectivity index (χ0v) is 21.9. The number of rotatable bonds is 5. The van der Waals surface area contributed by atoms with Crippen molar-refractivity contribution < 1.29 is 22.8 Å². The van der Waals surface area contributed by atoms with E-state index in [-0.39, 0.29) is 48.2 Å². The fourth-order valence-corrected chi connectivity index (χ4v) is 6.10. The number of carbonyl (C=O) groups excluding carboxylic acids is 2. The third-order valence-corrected chi connectivity index (χ3v) is 8.15. The lowest BCUT2D eigenvalue weighted by molar-refractivity contribution is -0.146. The summed E-state index contributed by atoms with van der Waals surface area (Å²) >= 11 is 0. The van der Waals surface area contributed by atoms with E-state index in [0.29, 0.717) is 19.4 Å². The van der Waals surface area contributed by atoms with Crippen molar-refractivity contribution in [2.24, 2.45) is 38.8 Å². The van der Waals surface area contributed by atoms with E-state index in [1.54, 1.807) is 9.80 Å². The molecular weight excluding hydrogens is 473 g/mol. The number of carbonyl (C=O) groups is 2. The third-order valence-electron chi connectivity index (χ3n) is 8.15. The lowest BCUT2D eigenvalue weighted by Crippen LogP contribution is -2.53. The smallest absolute Gasteiger partial charge is 0.343 e. The highest BCUT2D eigenvalue weighted by molar-refractivity contribution is 6.16. The van der Waals surface area contributed by atoms with Gasteiger partial charge in [-0.05, 0) is 46.5 Å². The van der Waals surface area contributed by atoms with Gasteiger partial charge in [-0.25, -0.2) is 0 Å². The van der Waals surface area contributed by atoms with Gasteiger partial charge in [-0.3, -0.25) is 24.6 Å². The second kappa shape index (κ2) is 9.45. The Kier molecular flexibility index (Phi) is 6.98. The first-order valence-electron chi connectivity index (χ1n) is 12.7. The zero-order chi connectivity index (χ0) is 26.6. The number of alkyl halides is 3. The molecule has 1 saturated heterocycles. The molecule has 6 unspecified atom stereocenters. The van der Waals surface area contributed by atoms with Gasteiger partial charge in [0.2, 0.25) is 11.8 Å². The molecule has 4 heterocycles. The van der Waals surface area contributed by atoms with E-state index >= 15 is 0 Å². The van der Waals surface area contributed by atoms with Crippen LogP contribution in [0.4, 0.5) is 13.2 Å². The molecule has 11 heteroatoms. The van der Waals surface area contributed by atoms with Crippen LogP contribution in [0.3, 0.4) is 0 Å². The number of fused-ring (bicyclic) bond motifs is 1. The lowest BCUT2D eigenvalue weighted by Gasteiger charge is -2.38. The van der Waals surface area contributed by atoms with Gasteiger partial charge in [-0.15, -0.1) is 0 Å². The Hall–Kier alpha value is -2.46. The normalized spacial score (nSPS) is 33.8. The van der Waals surface area contributed by atoms with Gasteiger partial charge in [0.15, 0.2) is 0 Å². The summed E-state index contributed by atoms with van der Waals surface area (Å²) in [6, 6.07) is -0.528. The van der Waals surface area contributed by atoms with Crippen LogP contribution in [0, 0.1) is 23.7 Å². The molecule has 0 aromatic carbocycles. The van der Waals surface area contributed by atoms with Crippen LogP contribution in [-0.4, -0.2) is 101 Å². The zero-order valence-electron chi connectivity index (χ0n) is 21.9. The Balaban J connectivity index is 1.54. The van der Waals surface area contributed by atoms with E-state index < -0.39 is 30.2 Å². The average Bonchev–Trinajstić information content (AvgIpc) is 3.30. The highest BCUT2D eigenvalue weighted by Gasteiger charge is 2.57. The first-order valence-corrected chi connectivity index (χ1v) is 12.7. The van der Waals surface area contributed by atoms with Crippen LogP contribution in [0.25, 0.3) is 0 Å². The van der Waals surface area contributed by atoms with E-state index in [4.69, 9.17) is 4.99 Å². The first-order chi connectivity index (χ1) is 16.7. The van der Waals surface area contributed by atoms with Gasteiger partial charge in [0.25, 0.3) is 0 Å². The molecule has 0 radical (unpaired) electrons. The SMILES string of the molecule is CC1CC(C2C=NCC(C(=O)N(C)C(C)C)C2)N=C2C1C(=O)N(C1C=NN(CC(F)(F)F)C1)C2(C)C. The van der Waals surface area contributed by atoms with Crippen molar-refractivity contribution in [1.29, 1.82) is 0 Å². The Morgan fingerprint density at radius 2 is 1.94 bits per heavy atom. The number of halogens is 3. The molecule has 0 aromatic rings. The van der Waals surface area contributed by atoms with E-state index in [2.05, 4.69) is 10.1 Å². The Morgan fingerprint density at radius 1 is 1.25 bits per heavy atom. The van der Waals surface area contributed by atoms with Crippen LogP contribution in [0.15, 0.2) is 15.1 Å². The van der Waals surface area contributed by atoms with Crippen molar-refractivity contribution in [2.75, 3.05) is 26.7 Å². The van der Waals surface area contributed by atoms with Crippen LogP contribution in [0.1, 0.15) is 47.5 Å². The monoisotopic (exact) mass is 510 g/mol. The van der Waals surface area contributed by atoms with Crippen LogP contribution in [0.5, 0.6) is 0 Å². The molecule has 6 atom stereocenters. The topological polar surface area (TPSA) is 80.9 Å². The van der Waals surface area contributed by atoms with Crippen LogP contribution < -0.4 is 0 Å². The van der Waals surface area contributed by atoms with Crippen LogP contribution in [-0.2, 0) is 9.59 Å². The van der Waals surface area contributed by atoms with Gasteiger partial charge in [-0.2, -0.15) is 18.3 Å². The van der Waals surface area contributed by atoms with Gasteiger partial charge in [0, 0.05) is 31.4 Å². The summed E-state index contributed by atoms with van der Waals surface area (Å²) in [5.41, 5.74) is 0.0264. The average molecular weight is 511 g/mol. The fraction of sp³-hybridized carbons (Fsp3) is 0.800. The number of amides is 2. The fourth-order valence-electron chi connectivity index (χ4n) is 6.10. The van der Waals surface area contributed by atoms with Crippen LogP contribution >= 0.6 is 0 Å². The van der Waals surface area contributed by atoms with Crippen molar-refractivity contribution in [3.8, 4) is 0 Å². The maximum atomic E-state index is 13.6. The minimum atomic E-state index is -4.36. The Morgan fingerprint density at radius 3 is 2.58 bits per heavy atom. The van der Waals surface area contributed by atoms with E-state index in [1.165, 1.54) is 6.21 Å². The van der Waals surface area contributed by atoms with Gasteiger partial charge in [0.05, 0.1) is 48.3 Å². The van der Waals surface area contributed by atoms with Crippen molar-refractivity contribution >= 4 is 30.0 Å². The molecule has 36 heavy (non-hydrogen) atoms. The van der Waals surface area contributed by atoms with E-state index in [1.807, 2.05) is 47.9 Å².